The summed E-state index contributed by atoms with van der Waals surface area (Å²) in [6.07, 6.45) is 1.02. The Labute approximate surface area is 172 Å². The molecule has 3 aromatic rings. The summed E-state index contributed by atoms with van der Waals surface area (Å²) in [4.78, 5) is 36.0. The molecule has 0 radical (unpaired) electrons. The number of carbonyl (C=O) groups excluding carboxylic acids is 2. The van der Waals surface area contributed by atoms with Crippen LogP contribution in [-0.2, 0) is 9.84 Å². The predicted octanol–water partition coefficient (Wildman–Crippen LogP) is 3.48. The van der Waals surface area contributed by atoms with E-state index in [0.29, 0.717) is 5.56 Å². The lowest BCUT2D eigenvalue weighted by Gasteiger charge is -2.11. The van der Waals surface area contributed by atoms with Crippen molar-refractivity contribution in [3.8, 4) is 0 Å². The first-order valence-electron chi connectivity index (χ1n) is 8.66. The molecular formula is C21H16N2O6S. The number of nitrogens with zero attached hydrogens (tertiary/aromatic N) is 1. The van der Waals surface area contributed by atoms with Crippen LogP contribution in [0.1, 0.15) is 26.3 Å². The number of sulfone groups is 1. The van der Waals surface area contributed by atoms with Crippen molar-refractivity contribution in [1.82, 2.24) is 0 Å². The average Bonchev–Trinajstić information content (AvgIpc) is 2.73. The molecule has 3 aromatic carbocycles. The van der Waals surface area contributed by atoms with Crippen molar-refractivity contribution < 1.29 is 22.9 Å². The molecule has 0 saturated carbocycles. The number of amides is 1. The Morgan fingerprint density at radius 2 is 1.57 bits per heavy atom. The Hall–Kier alpha value is -3.85. The first-order valence-corrected chi connectivity index (χ1v) is 10.6. The van der Waals surface area contributed by atoms with Crippen LogP contribution in [0.5, 0.6) is 0 Å². The number of hydrogen-bond donors (Lipinski definition) is 1. The van der Waals surface area contributed by atoms with Crippen LogP contribution >= 0.6 is 0 Å². The zero-order valence-corrected chi connectivity index (χ0v) is 16.5. The zero-order valence-electron chi connectivity index (χ0n) is 15.7. The molecule has 30 heavy (non-hydrogen) atoms. The van der Waals surface area contributed by atoms with Gasteiger partial charge in [0, 0.05) is 29.5 Å². The molecule has 0 atom stereocenters. The molecule has 0 fully saturated rings. The highest BCUT2D eigenvalue weighted by Gasteiger charge is 2.20. The number of benzene rings is 3. The zero-order chi connectivity index (χ0) is 21.9. The van der Waals surface area contributed by atoms with Gasteiger partial charge in [-0.1, -0.05) is 36.4 Å². The van der Waals surface area contributed by atoms with Crippen molar-refractivity contribution in [2.24, 2.45) is 0 Å². The van der Waals surface area contributed by atoms with Crippen LogP contribution in [0.25, 0.3) is 0 Å². The van der Waals surface area contributed by atoms with Gasteiger partial charge in [0.15, 0.2) is 15.6 Å². The molecule has 0 aliphatic carbocycles. The highest BCUT2D eigenvalue weighted by Crippen LogP contribution is 2.26. The fraction of sp³-hybridized carbons (Fsp3) is 0.0476. The van der Waals surface area contributed by atoms with E-state index in [1.165, 1.54) is 36.4 Å². The van der Waals surface area contributed by atoms with E-state index in [4.69, 9.17) is 0 Å². The Morgan fingerprint density at radius 1 is 0.900 bits per heavy atom. The van der Waals surface area contributed by atoms with E-state index in [1.807, 2.05) is 0 Å². The number of nitrogens with one attached hydrogen (secondary N) is 1. The van der Waals surface area contributed by atoms with E-state index in [0.717, 1.165) is 12.3 Å². The van der Waals surface area contributed by atoms with E-state index >= 15 is 0 Å². The third-order valence-corrected chi connectivity index (χ3v) is 5.38. The van der Waals surface area contributed by atoms with Crippen molar-refractivity contribution in [2.45, 2.75) is 4.90 Å². The number of nitro groups is 1. The predicted molar refractivity (Wildman–Crippen MR) is 110 cm³/mol. The maximum atomic E-state index is 12.9. The molecule has 0 aromatic heterocycles. The number of ketones is 1. The molecule has 0 spiro atoms. The van der Waals surface area contributed by atoms with E-state index in [1.54, 1.807) is 30.3 Å². The molecule has 3 rings (SSSR count). The summed E-state index contributed by atoms with van der Waals surface area (Å²) >= 11 is 0. The Morgan fingerprint density at radius 3 is 2.20 bits per heavy atom. The van der Waals surface area contributed by atoms with Crippen LogP contribution in [0.4, 0.5) is 11.4 Å². The molecule has 0 saturated heterocycles. The van der Waals surface area contributed by atoms with Crippen molar-refractivity contribution in [1.29, 1.82) is 0 Å². The summed E-state index contributed by atoms with van der Waals surface area (Å²) in [5, 5.41) is 13.7. The number of hydrogen-bond acceptors (Lipinski definition) is 6. The van der Waals surface area contributed by atoms with Crippen LogP contribution in [-0.4, -0.2) is 31.3 Å². The van der Waals surface area contributed by atoms with Crippen LogP contribution in [0.15, 0.2) is 77.7 Å². The van der Waals surface area contributed by atoms with Gasteiger partial charge in [0.2, 0.25) is 0 Å². The molecule has 0 aliphatic rings. The van der Waals surface area contributed by atoms with Gasteiger partial charge in [-0.2, -0.15) is 0 Å². The third kappa shape index (κ3) is 4.58. The molecule has 152 valence electrons. The van der Waals surface area contributed by atoms with Crippen molar-refractivity contribution >= 4 is 32.9 Å². The summed E-state index contributed by atoms with van der Waals surface area (Å²) < 4.78 is 23.5. The van der Waals surface area contributed by atoms with Gasteiger partial charge in [-0.3, -0.25) is 19.7 Å². The van der Waals surface area contributed by atoms with Gasteiger partial charge in [-0.25, -0.2) is 8.42 Å². The molecule has 0 heterocycles. The second-order valence-electron chi connectivity index (χ2n) is 6.44. The quantitative estimate of drug-likeness (QED) is 0.367. The Bertz CT molecular complexity index is 1250. The van der Waals surface area contributed by atoms with Gasteiger partial charge in [0.1, 0.15) is 0 Å². The number of nitro benzene ring substituents is 1. The minimum Gasteiger partial charge on any atom is -0.321 e. The first-order chi connectivity index (χ1) is 14.2. The third-order valence-electron chi connectivity index (χ3n) is 4.27. The molecule has 0 bridgehead atoms. The summed E-state index contributed by atoms with van der Waals surface area (Å²) in [5.74, 6) is -1.16. The lowest BCUT2D eigenvalue weighted by atomic mass is 10.0. The maximum Gasteiger partial charge on any atom is 0.270 e. The van der Waals surface area contributed by atoms with Gasteiger partial charge < -0.3 is 5.32 Å². The van der Waals surface area contributed by atoms with Crippen LogP contribution in [0, 0.1) is 10.1 Å². The summed E-state index contributed by atoms with van der Waals surface area (Å²) in [6.45, 7) is 0. The van der Waals surface area contributed by atoms with Gasteiger partial charge in [-0.15, -0.1) is 0 Å². The number of carbonyl (C=O) groups is 2. The lowest BCUT2D eigenvalue weighted by molar-refractivity contribution is -0.384. The standard InChI is InChI=1S/C21H16N2O6S/c1-30(28,29)17-9-5-8-15(12-17)21(25)22-19-11-10-16(23(26)27)13-18(19)20(24)14-6-3-2-4-7-14/h2-13H,1H3,(H,22,25). The number of anilines is 1. The normalized spacial score (nSPS) is 11.0. The Balaban J connectivity index is 2.01. The van der Waals surface area contributed by atoms with Gasteiger partial charge in [0.05, 0.1) is 21.1 Å². The molecule has 9 heteroatoms. The monoisotopic (exact) mass is 424 g/mol. The largest absolute Gasteiger partial charge is 0.321 e. The minimum absolute atomic E-state index is 0.0283. The molecule has 8 nitrogen and oxygen atoms in total. The second-order valence-corrected chi connectivity index (χ2v) is 8.45. The smallest absolute Gasteiger partial charge is 0.270 e. The number of non-ortho nitro benzene ring substituents is 1. The number of rotatable bonds is 6. The maximum absolute atomic E-state index is 12.9. The van der Waals surface area contributed by atoms with E-state index in [9.17, 15) is 28.1 Å². The van der Waals surface area contributed by atoms with E-state index in [2.05, 4.69) is 5.32 Å². The van der Waals surface area contributed by atoms with Crippen molar-refractivity contribution in [3.63, 3.8) is 0 Å². The van der Waals surface area contributed by atoms with Crippen molar-refractivity contribution in [3.05, 3.63) is 99.6 Å². The van der Waals surface area contributed by atoms with Crippen LogP contribution in [0.2, 0.25) is 0 Å². The van der Waals surface area contributed by atoms with E-state index < -0.39 is 26.5 Å². The molecule has 1 amide bonds. The molecule has 1 N–H and O–H groups in total. The van der Waals surface area contributed by atoms with Crippen molar-refractivity contribution in [2.75, 3.05) is 11.6 Å². The van der Waals surface area contributed by atoms with E-state index in [-0.39, 0.29) is 27.4 Å². The van der Waals surface area contributed by atoms with Crippen LogP contribution < -0.4 is 5.32 Å². The summed E-state index contributed by atoms with van der Waals surface area (Å²) in [6, 6.07) is 17.1. The highest BCUT2D eigenvalue weighted by molar-refractivity contribution is 7.90. The second kappa shape index (κ2) is 8.26. The fourth-order valence-electron chi connectivity index (χ4n) is 2.75. The SMILES string of the molecule is CS(=O)(=O)c1cccc(C(=O)Nc2ccc([N+](=O)[O-])cc2C(=O)c2ccccc2)c1. The average molecular weight is 424 g/mol. The van der Waals surface area contributed by atoms with Gasteiger partial charge in [0.25, 0.3) is 11.6 Å². The minimum atomic E-state index is -3.51. The first kappa shape index (κ1) is 20.9. The topological polar surface area (TPSA) is 123 Å². The fourth-order valence-corrected chi connectivity index (χ4v) is 3.42. The lowest BCUT2D eigenvalue weighted by Crippen LogP contribution is -2.16. The molecule has 0 unspecified atom stereocenters. The highest BCUT2D eigenvalue weighted by atomic mass is 32.2. The summed E-state index contributed by atoms with van der Waals surface area (Å²) in [7, 11) is -3.51. The van der Waals surface area contributed by atoms with Crippen LogP contribution in [0.3, 0.4) is 0 Å². The Kier molecular flexibility index (Phi) is 5.74. The molecular weight excluding hydrogens is 408 g/mol. The molecule has 0 aliphatic heterocycles. The van der Waals surface area contributed by atoms with Gasteiger partial charge >= 0.3 is 0 Å². The van der Waals surface area contributed by atoms with Gasteiger partial charge in [-0.05, 0) is 24.3 Å². The summed E-state index contributed by atoms with van der Waals surface area (Å²) in [5.41, 5.74) is 0.0838.